The standard InChI is InChI=1S/C14H17NO2/c1-3-12-10-11-6-4-5-7-13(11)15(12)9-8-14(16)17-2/h4-7,10H,3,8-9H2,1-2H3. The fraction of sp³-hybridized carbons (Fsp3) is 0.357. The first kappa shape index (κ1) is 11.7. The van der Waals surface area contributed by atoms with Gasteiger partial charge in [0, 0.05) is 17.8 Å². The second kappa shape index (κ2) is 5.04. The van der Waals surface area contributed by atoms with Gasteiger partial charge < -0.3 is 9.30 Å². The Morgan fingerprint density at radius 2 is 2.12 bits per heavy atom. The average molecular weight is 231 g/mol. The molecule has 0 aliphatic heterocycles. The van der Waals surface area contributed by atoms with E-state index in [-0.39, 0.29) is 5.97 Å². The summed E-state index contributed by atoms with van der Waals surface area (Å²) in [5, 5.41) is 1.23. The molecule has 0 aliphatic rings. The van der Waals surface area contributed by atoms with E-state index in [0.29, 0.717) is 13.0 Å². The van der Waals surface area contributed by atoms with Crippen LogP contribution in [0.5, 0.6) is 0 Å². The number of methoxy groups -OCH3 is 1. The van der Waals surface area contributed by atoms with E-state index in [9.17, 15) is 4.79 Å². The van der Waals surface area contributed by atoms with Crippen LogP contribution in [0.1, 0.15) is 19.0 Å². The van der Waals surface area contributed by atoms with Crippen LogP contribution in [0, 0.1) is 0 Å². The van der Waals surface area contributed by atoms with Gasteiger partial charge in [0.1, 0.15) is 0 Å². The summed E-state index contributed by atoms with van der Waals surface area (Å²) in [5.74, 6) is -0.162. The molecule has 0 aliphatic carbocycles. The predicted molar refractivity (Wildman–Crippen MR) is 67.9 cm³/mol. The molecule has 2 aromatic rings. The topological polar surface area (TPSA) is 31.2 Å². The van der Waals surface area contributed by atoms with Crippen molar-refractivity contribution in [1.82, 2.24) is 4.57 Å². The molecule has 0 bridgehead atoms. The Hall–Kier alpha value is -1.77. The lowest BCUT2D eigenvalue weighted by atomic mass is 10.2. The number of esters is 1. The van der Waals surface area contributed by atoms with E-state index in [1.54, 1.807) is 0 Å². The lowest BCUT2D eigenvalue weighted by molar-refractivity contribution is -0.140. The summed E-state index contributed by atoms with van der Waals surface area (Å²) in [6.07, 6.45) is 1.39. The molecule has 3 nitrogen and oxygen atoms in total. The van der Waals surface area contributed by atoms with E-state index in [1.165, 1.54) is 23.7 Å². The first-order valence-electron chi connectivity index (χ1n) is 5.90. The van der Waals surface area contributed by atoms with Crippen LogP contribution < -0.4 is 0 Å². The summed E-state index contributed by atoms with van der Waals surface area (Å²) in [4.78, 5) is 11.2. The highest BCUT2D eigenvalue weighted by Gasteiger charge is 2.08. The lowest BCUT2D eigenvalue weighted by Gasteiger charge is -2.08. The molecule has 0 amide bonds. The summed E-state index contributed by atoms with van der Waals surface area (Å²) < 4.78 is 6.88. The van der Waals surface area contributed by atoms with Gasteiger partial charge in [-0.1, -0.05) is 25.1 Å². The first-order valence-corrected chi connectivity index (χ1v) is 5.90. The van der Waals surface area contributed by atoms with Crippen LogP contribution in [0.3, 0.4) is 0 Å². The third-order valence-corrected chi connectivity index (χ3v) is 3.03. The Morgan fingerprint density at radius 1 is 1.35 bits per heavy atom. The minimum Gasteiger partial charge on any atom is -0.469 e. The highest BCUT2D eigenvalue weighted by Crippen LogP contribution is 2.20. The van der Waals surface area contributed by atoms with Gasteiger partial charge in [0.25, 0.3) is 0 Å². The van der Waals surface area contributed by atoms with E-state index in [0.717, 1.165) is 6.42 Å². The molecule has 0 unspecified atom stereocenters. The molecule has 1 aromatic heterocycles. The highest BCUT2D eigenvalue weighted by molar-refractivity contribution is 5.81. The number of hydrogen-bond donors (Lipinski definition) is 0. The smallest absolute Gasteiger partial charge is 0.307 e. The number of ether oxygens (including phenoxy) is 1. The van der Waals surface area contributed by atoms with Gasteiger partial charge in [0.15, 0.2) is 0 Å². The molecular weight excluding hydrogens is 214 g/mol. The molecule has 0 atom stereocenters. The van der Waals surface area contributed by atoms with Crippen molar-refractivity contribution in [3.05, 3.63) is 36.0 Å². The molecule has 17 heavy (non-hydrogen) atoms. The quantitative estimate of drug-likeness (QED) is 0.758. The molecular formula is C14H17NO2. The van der Waals surface area contributed by atoms with Gasteiger partial charge >= 0.3 is 5.97 Å². The summed E-state index contributed by atoms with van der Waals surface area (Å²) in [5.41, 5.74) is 2.45. The number of carbonyl (C=O) groups is 1. The van der Waals surface area contributed by atoms with Crippen LogP contribution in [0.4, 0.5) is 0 Å². The van der Waals surface area contributed by atoms with Crippen LogP contribution in [-0.2, 0) is 22.5 Å². The third kappa shape index (κ3) is 2.33. The second-order valence-electron chi connectivity index (χ2n) is 4.03. The highest BCUT2D eigenvalue weighted by atomic mass is 16.5. The number of aryl methyl sites for hydroxylation is 2. The number of carbonyl (C=O) groups excluding carboxylic acids is 1. The van der Waals surface area contributed by atoms with E-state index in [4.69, 9.17) is 0 Å². The fourth-order valence-electron chi connectivity index (χ4n) is 2.13. The van der Waals surface area contributed by atoms with Crippen molar-refractivity contribution in [2.45, 2.75) is 26.3 Å². The van der Waals surface area contributed by atoms with Crippen LogP contribution in [0.25, 0.3) is 10.9 Å². The Labute approximate surface area is 101 Å². The number of benzene rings is 1. The molecule has 0 saturated heterocycles. The number of nitrogens with zero attached hydrogens (tertiary/aromatic N) is 1. The predicted octanol–water partition coefficient (Wildman–Crippen LogP) is 2.77. The molecule has 1 heterocycles. The van der Waals surface area contributed by atoms with Gasteiger partial charge in [-0.3, -0.25) is 4.79 Å². The molecule has 90 valence electrons. The molecule has 0 radical (unpaired) electrons. The van der Waals surface area contributed by atoms with E-state index in [1.807, 2.05) is 12.1 Å². The van der Waals surface area contributed by atoms with Crippen LogP contribution in [-0.4, -0.2) is 17.6 Å². The van der Waals surface area contributed by atoms with Crippen molar-refractivity contribution in [1.29, 1.82) is 0 Å². The van der Waals surface area contributed by atoms with Gasteiger partial charge in [-0.25, -0.2) is 0 Å². The third-order valence-electron chi connectivity index (χ3n) is 3.03. The molecule has 3 heteroatoms. The number of fused-ring (bicyclic) bond motifs is 1. The van der Waals surface area contributed by atoms with Gasteiger partial charge in [0.05, 0.1) is 13.5 Å². The SMILES string of the molecule is CCc1cc2ccccc2n1CCC(=O)OC. The zero-order valence-corrected chi connectivity index (χ0v) is 10.3. The number of para-hydroxylation sites is 1. The summed E-state index contributed by atoms with van der Waals surface area (Å²) in [6.45, 7) is 2.81. The Balaban J connectivity index is 2.33. The molecule has 2 rings (SSSR count). The minimum atomic E-state index is -0.162. The van der Waals surface area contributed by atoms with Crippen LogP contribution in [0.15, 0.2) is 30.3 Å². The number of hydrogen-bond acceptors (Lipinski definition) is 2. The largest absolute Gasteiger partial charge is 0.469 e. The van der Waals surface area contributed by atoms with Crippen molar-refractivity contribution < 1.29 is 9.53 Å². The van der Waals surface area contributed by atoms with Crippen molar-refractivity contribution in [2.75, 3.05) is 7.11 Å². The van der Waals surface area contributed by atoms with E-state index in [2.05, 4.69) is 34.4 Å². The van der Waals surface area contributed by atoms with Crippen molar-refractivity contribution in [3.63, 3.8) is 0 Å². The number of aromatic nitrogens is 1. The minimum absolute atomic E-state index is 0.162. The zero-order valence-electron chi connectivity index (χ0n) is 10.3. The Bertz CT molecular complexity index is 528. The maximum absolute atomic E-state index is 11.2. The van der Waals surface area contributed by atoms with E-state index >= 15 is 0 Å². The van der Waals surface area contributed by atoms with Crippen LogP contribution in [0.2, 0.25) is 0 Å². The number of rotatable bonds is 4. The Kier molecular flexibility index (Phi) is 3.47. The normalized spacial score (nSPS) is 10.7. The second-order valence-corrected chi connectivity index (χ2v) is 4.03. The van der Waals surface area contributed by atoms with Gasteiger partial charge in [0.2, 0.25) is 0 Å². The van der Waals surface area contributed by atoms with Gasteiger partial charge in [-0.2, -0.15) is 0 Å². The molecule has 0 saturated carbocycles. The molecule has 0 spiro atoms. The molecule has 1 aromatic carbocycles. The Morgan fingerprint density at radius 3 is 2.82 bits per heavy atom. The van der Waals surface area contributed by atoms with Gasteiger partial charge in [-0.15, -0.1) is 0 Å². The lowest BCUT2D eigenvalue weighted by Crippen LogP contribution is -2.08. The fourth-order valence-corrected chi connectivity index (χ4v) is 2.13. The molecule has 0 N–H and O–H groups in total. The monoisotopic (exact) mass is 231 g/mol. The maximum atomic E-state index is 11.2. The summed E-state index contributed by atoms with van der Waals surface area (Å²) >= 11 is 0. The maximum Gasteiger partial charge on any atom is 0.307 e. The van der Waals surface area contributed by atoms with E-state index < -0.39 is 0 Å². The molecule has 0 fully saturated rings. The van der Waals surface area contributed by atoms with Crippen molar-refractivity contribution >= 4 is 16.9 Å². The summed E-state index contributed by atoms with van der Waals surface area (Å²) in [7, 11) is 1.43. The summed E-state index contributed by atoms with van der Waals surface area (Å²) in [6, 6.07) is 10.4. The first-order chi connectivity index (χ1) is 8.26. The average Bonchev–Trinajstić information content (AvgIpc) is 2.73. The van der Waals surface area contributed by atoms with Crippen molar-refractivity contribution in [2.24, 2.45) is 0 Å². The zero-order chi connectivity index (χ0) is 12.3. The van der Waals surface area contributed by atoms with Gasteiger partial charge in [-0.05, 0) is 23.9 Å². The van der Waals surface area contributed by atoms with Crippen molar-refractivity contribution in [3.8, 4) is 0 Å². The van der Waals surface area contributed by atoms with Crippen LogP contribution >= 0.6 is 0 Å².